The molecule has 22 heavy (non-hydrogen) atoms. The number of carbonyl (C=O) groups excluding carboxylic acids is 2. The van der Waals surface area contributed by atoms with E-state index in [0.29, 0.717) is 6.54 Å². The third kappa shape index (κ3) is 2.15. The zero-order chi connectivity index (χ0) is 16.1. The SMILES string of the molecule is CN1C(=O)c2ccc(S(=O)(=O)N(C)C3CCNC3)cc2C1=O. The molecule has 1 fully saturated rings. The van der Waals surface area contributed by atoms with E-state index >= 15 is 0 Å². The molecule has 0 aliphatic carbocycles. The first-order chi connectivity index (χ1) is 10.3. The summed E-state index contributed by atoms with van der Waals surface area (Å²) in [6.45, 7) is 1.40. The summed E-state index contributed by atoms with van der Waals surface area (Å²) in [5.41, 5.74) is 0.392. The molecule has 8 heteroatoms. The van der Waals surface area contributed by atoms with E-state index in [2.05, 4.69) is 5.32 Å². The van der Waals surface area contributed by atoms with Crippen molar-refractivity contribution in [2.75, 3.05) is 27.2 Å². The van der Waals surface area contributed by atoms with Gasteiger partial charge in [0.15, 0.2) is 0 Å². The molecular weight excluding hydrogens is 306 g/mol. The van der Waals surface area contributed by atoms with Gasteiger partial charge in [-0.15, -0.1) is 0 Å². The number of nitrogens with one attached hydrogen (secondary N) is 1. The fraction of sp³-hybridized carbons (Fsp3) is 0.429. The molecule has 0 bridgehead atoms. The van der Waals surface area contributed by atoms with Gasteiger partial charge >= 0.3 is 0 Å². The average Bonchev–Trinajstić information content (AvgIpc) is 3.11. The molecule has 0 aromatic heterocycles. The molecular formula is C14H17N3O4S. The van der Waals surface area contributed by atoms with E-state index in [1.807, 2.05) is 0 Å². The smallest absolute Gasteiger partial charge is 0.261 e. The maximum atomic E-state index is 12.7. The number of likely N-dealkylation sites (N-methyl/N-ethyl adjacent to an activating group) is 1. The summed E-state index contributed by atoms with van der Waals surface area (Å²) in [4.78, 5) is 24.9. The summed E-state index contributed by atoms with van der Waals surface area (Å²) in [5, 5.41) is 3.13. The van der Waals surface area contributed by atoms with Gasteiger partial charge in [-0.3, -0.25) is 14.5 Å². The maximum Gasteiger partial charge on any atom is 0.261 e. The van der Waals surface area contributed by atoms with Crippen molar-refractivity contribution < 1.29 is 18.0 Å². The van der Waals surface area contributed by atoms with Crippen LogP contribution in [0.1, 0.15) is 27.1 Å². The van der Waals surface area contributed by atoms with E-state index < -0.39 is 21.8 Å². The molecule has 0 spiro atoms. The van der Waals surface area contributed by atoms with Crippen LogP contribution in [0.25, 0.3) is 0 Å². The largest absolute Gasteiger partial charge is 0.315 e. The molecule has 1 aromatic carbocycles. The van der Waals surface area contributed by atoms with Gasteiger partial charge < -0.3 is 5.32 Å². The highest BCUT2D eigenvalue weighted by molar-refractivity contribution is 7.89. The second-order valence-corrected chi connectivity index (χ2v) is 7.54. The summed E-state index contributed by atoms with van der Waals surface area (Å²) in [5.74, 6) is -0.875. The first-order valence-corrected chi connectivity index (χ1v) is 8.43. The molecule has 1 aromatic rings. The molecule has 1 atom stereocenters. The van der Waals surface area contributed by atoms with E-state index in [9.17, 15) is 18.0 Å². The number of benzene rings is 1. The summed E-state index contributed by atoms with van der Waals surface area (Å²) in [6.07, 6.45) is 0.751. The number of fused-ring (bicyclic) bond motifs is 1. The fourth-order valence-corrected chi connectivity index (χ4v) is 4.22. The van der Waals surface area contributed by atoms with Crippen LogP contribution in [-0.4, -0.2) is 62.7 Å². The van der Waals surface area contributed by atoms with E-state index in [4.69, 9.17) is 0 Å². The minimum absolute atomic E-state index is 0.0390. The van der Waals surface area contributed by atoms with Gasteiger partial charge in [-0.25, -0.2) is 8.42 Å². The van der Waals surface area contributed by atoms with Crippen molar-refractivity contribution in [2.24, 2.45) is 0 Å². The predicted molar refractivity (Wildman–Crippen MR) is 79.1 cm³/mol. The van der Waals surface area contributed by atoms with E-state index in [1.54, 1.807) is 7.05 Å². The Morgan fingerprint density at radius 3 is 2.55 bits per heavy atom. The van der Waals surface area contributed by atoms with Crippen LogP contribution < -0.4 is 5.32 Å². The number of carbonyl (C=O) groups is 2. The molecule has 2 heterocycles. The van der Waals surface area contributed by atoms with Crippen molar-refractivity contribution in [3.05, 3.63) is 29.3 Å². The number of nitrogens with zero attached hydrogens (tertiary/aromatic N) is 2. The molecule has 3 rings (SSSR count). The highest BCUT2D eigenvalue weighted by Crippen LogP contribution is 2.27. The average molecular weight is 323 g/mol. The lowest BCUT2D eigenvalue weighted by Gasteiger charge is -2.23. The summed E-state index contributed by atoms with van der Waals surface area (Å²) in [6, 6.07) is 4.00. The van der Waals surface area contributed by atoms with Gasteiger partial charge in [0.1, 0.15) is 0 Å². The molecule has 0 saturated carbocycles. The van der Waals surface area contributed by atoms with Crippen LogP contribution in [-0.2, 0) is 10.0 Å². The molecule has 1 N–H and O–H groups in total. The van der Waals surface area contributed by atoms with Gasteiger partial charge in [-0.2, -0.15) is 4.31 Å². The van der Waals surface area contributed by atoms with Crippen LogP contribution in [0.15, 0.2) is 23.1 Å². The van der Waals surface area contributed by atoms with Gasteiger partial charge in [0.25, 0.3) is 11.8 Å². The molecule has 1 unspecified atom stereocenters. The number of hydrogen-bond acceptors (Lipinski definition) is 5. The number of amides is 2. The Labute approximate surface area is 128 Å². The Morgan fingerprint density at radius 2 is 1.91 bits per heavy atom. The molecule has 2 aliphatic rings. The van der Waals surface area contributed by atoms with Crippen molar-refractivity contribution in [3.63, 3.8) is 0 Å². The van der Waals surface area contributed by atoms with Crippen LogP contribution in [0.5, 0.6) is 0 Å². The van der Waals surface area contributed by atoms with Crippen molar-refractivity contribution >= 4 is 21.8 Å². The van der Waals surface area contributed by atoms with Gasteiger partial charge in [0, 0.05) is 26.7 Å². The Morgan fingerprint density at radius 1 is 1.23 bits per heavy atom. The Balaban J connectivity index is 1.99. The number of sulfonamides is 1. The second-order valence-electron chi connectivity index (χ2n) is 5.54. The van der Waals surface area contributed by atoms with Gasteiger partial charge in [0.05, 0.1) is 16.0 Å². The third-order valence-corrected chi connectivity index (χ3v) is 6.19. The first kappa shape index (κ1) is 15.1. The van der Waals surface area contributed by atoms with Gasteiger partial charge in [0.2, 0.25) is 10.0 Å². The van der Waals surface area contributed by atoms with E-state index in [1.165, 1.54) is 29.6 Å². The summed E-state index contributed by atoms with van der Waals surface area (Å²) in [7, 11) is -0.766. The van der Waals surface area contributed by atoms with Crippen LogP contribution in [0.3, 0.4) is 0 Å². The maximum absolute atomic E-state index is 12.7. The van der Waals surface area contributed by atoms with E-state index in [0.717, 1.165) is 17.9 Å². The normalized spacial score (nSPS) is 21.8. The number of hydrogen-bond donors (Lipinski definition) is 1. The lowest BCUT2D eigenvalue weighted by Crippen LogP contribution is -2.38. The zero-order valence-corrected chi connectivity index (χ0v) is 13.2. The van der Waals surface area contributed by atoms with Crippen molar-refractivity contribution in [1.82, 2.24) is 14.5 Å². The molecule has 2 amide bonds. The standard InChI is InChI=1S/C14H17N3O4S/c1-16-13(18)11-4-3-10(7-12(11)14(16)19)22(20,21)17(2)9-5-6-15-8-9/h3-4,7,9,15H,5-6,8H2,1-2H3. The Hall–Kier alpha value is -1.77. The van der Waals surface area contributed by atoms with Crippen LogP contribution >= 0.6 is 0 Å². The zero-order valence-electron chi connectivity index (χ0n) is 12.4. The quantitative estimate of drug-likeness (QED) is 0.785. The lowest BCUT2D eigenvalue weighted by molar-refractivity contribution is 0.0693. The second kappa shape index (κ2) is 5.15. The number of imide groups is 1. The minimum Gasteiger partial charge on any atom is -0.315 e. The predicted octanol–water partition coefficient (Wildman–Crippen LogP) is -0.105. The van der Waals surface area contributed by atoms with Gasteiger partial charge in [-0.05, 0) is 31.2 Å². The molecule has 118 valence electrons. The fourth-order valence-electron chi connectivity index (χ4n) is 2.81. The van der Waals surface area contributed by atoms with Crippen molar-refractivity contribution in [2.45, 2.75) is 17.4 Å². The van der Waals surface area contributed by atoms with Crippen molar-refractivity contribution in [3.8, 4) is 0 Å². The third-order valence-electron chi connectivity index (χ3n) is 4.29. The summed E-state index contributed by atoms with van der Waals surface area (Å²) >= 11 is 0. The highest BCUT2D eigenvalue weighted by atomic mass is 32.2. The summed E-state index contributed by atoms with van der Waals surface area (Å²) < 4.78 is 26.7. The monoisotopic (exact) mass is 323 g/mol. The molecule has 0 radical (unpaired) electrons. The topological polar surface area (TPSA) is 86.8 Å². The first-order valence-electron chi connectivity index (χ1n) is 6.99. The minimum atomic E-state index is -3.69. The molecule has 7 nitrogen and oxygen atoms in total. The highest BCUT2D eigenvalue weighted by Gasteiger charge is 2.36. The van der Waals surface area contributed by atoms with Gasteiger partial charge in [-0.1, -0.05) is 0 Å². The van der Waals surface area contributed by atoms with Crippen molar-refractivity contribution in [1.29, 1.82) is 0 Å². The molecule has 2 aliphatic heterocycles. The van der Waals surface area contributed by atoms with Crippen LogP contribution in [0, 0.1) is 0 Å². The number of rotatable bonds is 3. The van der Waals surface area contributed by atoms with E-state index in [-0.39, 0.29) is 22.1 Å². The lowest BCUT2D eigenvalue weighted by atomic mass is 10.1. The Bertz CT molecular complexity index is 753. The van der Waals surface area contributed by atoms with Crippen LogP contribution in [0.4, 0.5) is 0 Å². The van der Waals surface area contributed by atoms with Crippen LogP contribution in [0.2, 0.25) is 0 Å². The molecule has 1 saturated heterocycles. The Kier molecular flexibility index (Phi) is 3.54.